The number of phenolic OH excluding ortho intramolecular Hbond substituents is 1. The molecule has 30 heavy (non-hydrogen) atoms. The standard InChI is InChI=1S/C23H17FN4O2/c24-16-7-5-15(6-8-16)22-19-20(17-3-1-2-4-18(17)29)26-27-21(19)23(30)28(22)13-14-9-11-25-12-10-14/h1-12,22,29H,13H2,(H,26,27). The minimum Gasteiger partial charge on any atom is -0.507 e. The Kier molecular flexibility index (Phi) is 4.28. The molecule has 0 radical (unpaired) electrons. The second-order valence-corrected chi connectivity index (χ2v) is 7.12. The van der Waals surface area contributed by atoms with Gasteiger partial charge < -0.3 is 10.0 Å². The van der Waals surface area contributed by atoms with E-state index in [-0.39, 0.29) is 17.5 Å². The van der Waals surface area contributed by atoms with Crippen LogP contribution in [0.15, 0.2) is 73.1 Å². The fraction of sp³-hybridized carbons (Fsp3) is 0.0870. The fourth-order valence-corrected chi connectivity index (χ4v) is 3.92. The Labute approximate surface area is 171 Å². The minimum absolute atomic E-state index is 0.0738. The van der Waals surface area contributed by atoms with Crippen LogP contribution in [0.1, 0.15) is 33.2 Å². The number of pyridine rings is 1. The lowest BCUT2D eigenvalue weighted by Gasteiger charge is -2.26. The van der Waals surface area contributed by atoms with Gasteiger partial charge in [-0.05, 0) is 47.5 Å². The number of aromatic hydroxyl groups is 1. The highest BCUT2D eigenvalue weighted by Gasteiger charge is 2.42. The molecule has 3 heterocycles. The highest BCUT2D eigenvalue weighted by atomic mass is 19.1. The monoisotopic (exact) mass is 400 g/mol. The third-order valence-electron chi connectivity index (χ3n) is 5.31. The molecule has 0 bridgehead atoms. The largest absolute Gasteiger partial charge is 0.507 e. The number of carbonyl (C=O) groups excluding carboxylic acids is 1. The molecule has 0 saturated heterocycles. The van der Waals surface area contributed by atoms with Crippen LogP contribution in [-0.4, -0.2) is 31.1 Å². The van der Waals surface area contributed by atoms with Crippen LogP contribution in [0, 0.1) is 5.82 Å². The molecule has 0 saturated carbocycles. The maximum atomic E-state index is 13.6. The lowest BCUT2D eigenvalue weighted by molar-refractivity contribution is 0.0730. The number of nitrogens with one attached hydrogen (secondary N) is 1. The zero-order valence-electron chi connectivity index (χ0n) is 15.8. The van der Waals surface area contributed by atoms with Gasteiger partial charge in [0.15, 0.2) is 0 Å². The molecule has 1 aliphatic rings. The van der Waals surface area contributed by atoms with Crippen LogP contribution in [-0.2, 0) is 6.54 Å². The van der Waals surface area contributed by atoms with E-state index in [0.29, 0.717) is 29.1 Å². The fourth-order valence-electron chi connectivity index (χ4n) is 3.92. The molecule has 2 aromatic carbocycles. The van der Waals surface area contributed by atoms with Crippen molar-refractivity contribution in [1.82, 2.24) is 20.1 Å². The predicted molar refractivity (Wildman–Crippen MR) is 108 cm³/mol. The summed E-state index contributed by atoms with van der Waals surface area (Å²) in [7, 11) is 0. The molecule has 1 atom stereocenters. The van der Waals surface area contributed by atoms with Crippen LogP contribution < -0.4 is 0 Å². The van der Waals surface area contributed by atoms with Crippen molar-refractivity contribution in [2.24, 2.45) is 0 Å². The highest BCUT2D eigenvalue weighted by molar-refractivity contribution is 6.00. The van der Waals surface area contributed by atoms with Crippen molar-refractivity contribution in [2.75, 3.05) is 0 Å². The number of aromatic nitrogens is 3. The summed E-state index contributed by atoms with van der Waals surface area (Å²) in [6.45, 7) is 0.353. The first-order valence-electron chi connectivity index (χ1n) is 9.45. The summed E-state index contributed by atoms with van der Waals surface area (Å²) in [6.07, 6.45) is 3.36. The van der Waals surface area contributed by atoms with Gasteiger partial charge in [0.05, 0.1) is 6.04 Å². The first-order chi connectivity index (χ1) is 14.6. The lowest BCUT2D eigenvalue weighted by Crippen LogP contribution is -2.29. The van der Waals surface area contributed by atoms with E-state index in [1.165, 1.54) is 12.1 Å². The molecule has 1 aliphatic heterocycles. The van der Waals surface area contributed by atoms with Crippen molar-refractivity contribution in [3.63, 3.8) is 0 Å². The summed E-state index contributed by atoms with van der Waals surface area (Å²) >= 11 is 0. The second-order valence-electron chi connectivity index (χ2n) is 7.12. The molecule has 7 heteroatoms. The van der Waals surface area contributed by atoms with E-state index in [0.717, 1.165) is 11.1 Å². The number of hydrogen-bond acceptors (Lipinski definition) is 4. The van der Waals surface area contributed by atoms with E-state index in [1.54, 1.807) is 53.7 Å². The normalized spacial score (nSPS) is 15.4. The van der Waals surface area contributed by atoms with Crippen LogP contribution in [0.4, 0.5) is 4.39 Å². The van der Waals surface area contributed by atoms with Gasteiger partial charge in [-0.2, -0.15) is 5.10 Å². The molecule has 5 rings (SSSR count). The summed E-state index contributed by atoms with van der Waals surface area (Å²) < 4.78 is 13.6. The number of halogens is 1. The first kappa shape index (κ1) is 18.1. The number of para-hydroxylation sites is 1. The van der Waals surface area contributed by atoms with Gasteiger partial charge in [-0.1, -0.05) is 24.3 Å². The summed E-state index contributed by atoms with van der Waals surface area (Å²) in [4.78, 5) is 19.0. The van der Waals surface area contributed by atoms with Crippen molar-refractivity contribution >= 4 is 5.91 Å². The average Bonchev–Trinajstić information content (AvgIpc) is 3.30. The van der Waals surface area contributed by atoms with Crippen LogP contribution in [0.3, 0.4) is 0 Å². The van der Waals surface area contributed by atoms with Gasteiger partial charge in [-0.25, -0.2) is 4.39 Å². The Morgan fingerprint density at radius 1 is 1.03 bits per heavy atom. The van der Waals surface area contributed by atoms with E-state index < -0.39 is 6.04 Å². The summed E-state index contributed by atoms with van der Waals surface area (Å²) in [5.41, 5.74) is 3.76. The summed E-state index contributed by atoms with van der Waals surface area (Å²) in [5.74, 6) is -0.480. The van der Waals surface area contributed by atoms with Crippen molar-refractivity contribution in [3.8, 4) is 17.0 Å². The van der Waals surface area contributed by atoms with Gasteiger partial charge in [-0.15, -0.1) is 0 Å². The quantitative estimate of drug-likeness (QED) is 0.541. The van der Waals surface area contributed by atoms with Crippen LogP contribution in [0.2, 0.25) is 0 Å². The molecule has 2 N–H and O–H groups in total. The number of benzene rings is 2. The van der Waals surface area contributed by atoms with Gasteiger partial charge in [0.1, 0.15) is 23.0 Å². The van der Waals surface area contributed by atoms with Crippen LogP contribution in [0.25, 0.3) is 11.3 Å². The maximum Gasteiger partial charge on any atom is 0.273 e. The Morgan fingerprint density at radius 3 is 2.50 bits per heavy atom. The van der Waals surface area contributed by atoms with Crippen LogP contribution >= 0.6 is 0 Å². The molecule has 2 aromatic heterocycles. The number of fused-ring (bicyclic) bond motifs is 1. The van der Waals surface area contributed by atoms with Gasteiger partial charge >= 0.3 is 0 Å². The van der Waals surface area contributed by atoms with E-state index >= 15 is 0 Å². The number of amides is 1. The van der Waals surface area contributed by atoms with Gasteiger partial charge in [0.25, 0.3) is 5.91 Å². The Hall–Kier alpha value is -4.00. The average molecular weight is 400 g/mol. The Balaban J connectivity index is 1.67. The lowest BCUT2D eigenvalue weighted by atomic mass is 9.95. The highest BCUT2D eigenvalue weighted by Crippen LogP contribution is 2.44. The molecular weight excluding hydrogens is 383 g/mol. The Morgan fingerprint density at radius 2 is 1.77 bits per heavy atom. The Bertz CT molecular complexity index is 1220. The van der Waals surface area contributed by atoms with Crippen molar-refractivity contribution in [3.05, 3.63) is 101 Å². The molecular formula is C23H17FN4O2. The number of hydrogen-bond donors (Lipinski definition) is 2. The summed E-state index contributed by atoms with van der Waals surface area (Å²) in [5, 5.41) is 17.6. The van der Waals surface area contributed by atoms with E-state index in [2.05, 4.69) is 15.2 Å². The topological polar surface area (TPSA) is 82.1 Å². The molecule has 1 unspecified atom stereocenters. The first-order valence-corrected chi connectivity index (χ1v) is 9.45. The molecule has 6 nitrogen and oxygen atoms in total. The second kappa shape index (κ2) is 7.11. The molecule has 1 amide bonds. The van der Waals surface area contributed by atoms with Gasteiger partial charge in [0.2, 0.25) is 0 Å². The van der Waals surface area contributed by atoms with E-state index in [9.17, 15) is 14.3 Å². The zero-order valence-corrected chi connectivity index (χ0v) is 15.8. The van der Waals surface area contributed by atoms with Crippen molar-refractivity contribution in [2.45, 2.75) is 12.6 Å². The van der Waals surface area contributed by atoms with E-state index in [1.807, 2.05) is 12.1 Å². The minimum atomic E-state index is -0.477. The summed E-state index contributed by atoms with van der Waals surface area (Å²) in [6, 6.07) is 16.2. The number of carbonyl (C=O) groups is 1. The third kappa shape index (κ3) is 2.91. The van der Waals surface area contributed by atoms with Crippen molar-refractivity contribution < 1.29 is 14.3 Å². The van der Waals surface area contributed by atoms with Crippen molar-refractivity contribution in [1.29, 1.82) is 0 Å². The van der Waals surface area contributed by atoms with Crippen LogP contribution in [0.5, 0.6) is 5.75 Å². The number of aromatic amines is 1. The van der Waals surface area contributed by atoms with E-state index in [4.69, 9.17) is 0 Å². The third-order valence-corrected chi connectivity index (χ3v) is 5.31. The molecule has 148 valence electrons. The number of nitrogens with zero attached hydrogens (tertiary/aromatic N) is 3. The predicted octanol–water partition coefficient (Wildman–Crippen LogP) is 4.06. The maximum absolute atomic E-state index is 13.6. The number of phenols is 1. The SMILES string of the molecule is O=C1c2[nH]nc(-c3ccccc3O)c2C(c2ccc(F)cc2)N1Cc1ccncc1. The molecule has 4 aromatic rings. The van der Waals surface area contributed by atoms with Gasteiger partial charge in [0, 0.05) is 30.1 Å². The zero-order chi connectivity index (χ0) is 20.7. The molecule has 0 fully saturated rings. The number of rotatable bonds is 4. The number of H-pyrrole nitrogens is 1. The smallest absolute Gasteiger partial charge is 0.273 e. The van der Waals surface area contributed by atoms with Gasteiger partial charge in [-0.3, -0.25) is 14.9 Å². The molecule has 0 aliphatic carbocycles. The molecule has 0 spiro atoms.